The molecule has 5 saturated carbocycles. The maximum Gasteiger partial charge on any atom is 0.230 e. The normalized spacial score (nSPS) is 32.4. The third kappa shape index (κ3) is 3.92. The number of halogens is 1. The molecule has 4 N–H and O–H groups in total. The minimum Gasteiger partial charge on any atom is -0.354 e. The van der Waals surface area contributed by atoms with E-state index in [0.29, 0.717) is 30.2 Å². The molecule has 7 heteroatoms. The van der Waals surface area contributed by atoms with Crippen LogP contribution in [0.2, 0.25) is 0 Å². The molecule has 3 unspecified atom stereocenters. The largest absolute Gasteiger partial charge is 0.354 e. The van der Waals surface area contributed by atoms with E-state index in [1.807, 2.05) is 12.1 Å². The average molecular weight is 491 g/mol. The number of hydrogen-bond donors (Lipinski definition) is 3. The molecule has 5 aliphatic rings. The summed E-state index contributed by atoms with van der Waals surface area (Å²) in [4.78, 5) is 30.8. The minimum atomic E-state index is -0.563. The van der Waals surface area contributed by atoms with Gasteiger partial charge in [-0.1, -0.05) is 18.6 Å². The van der Waals surface area contributed by atoms with Crippen molar-refractivity contribution in [1.29, 1.82) is 0 Å². The zero-order valence-electron chi connectivity index (χ0n) is 20.6. The molecule has 0 aliphatic heterocycles. The molecule has 4 bridgehead atoms. The second-order valence-corrected chi connectivity index (χ2v) is 11.8. The van der Waals surface area contributed by atoms with Crippen molar-refractivity contribution in [3.63, 3.8) is 0 Å². The molecule has 0 spiro atoms. The number of anilines is 1. The third-order valence-corrected chi connectivity index (χ3v) is 9.80. The van der Waals surface area contributed by atoms with Gasteiger partial charge in [-0.3, -0.25) is 14.6 Å². The molecular weight excluding hydrogens is 455 g/mol. The highest BCUT2D eigenvalue weighted by molar-refractivity contribution is 5.95. The quantitative estimate of drug-likeness (QED) is 0.543. The monoisotopic (exact) mass is 490 g/mol. The van der Waals surface area contributed by atoms with E-state index in [-0.39, 0.29) is 29.1 Å². The molecule has 6 nitrogen and oxygen atoms in total. The summed E-state index contributed by atoms with van der Waals surface area (Å²) in [6.07, 6.45) is 10.9. The molecule has 190 valence electrons. The standard InChI is InChI=1S/C29H35FN4O2/c30-22-4-2-21(3-5-22)29(8-1-9-29)27(36)33-17-24(31)25-19-12-18-13-20(25)16-28(14-18,15-19)26(35)34-23-6-10-32-11-7-23/h2-7,10-11,18-20,24-25H,1,8-9,12-17,31H2,(H,33,36)(H,32,34,35). The lowest BCUT2D eigenvalue weighted by atomic mass is 9.45. The van der Waals surface area contributed by atoms with Crippen LogP contribution in [-0.2, 0) is 15.0 Å². The molecule has 5 fully saturated rings. The lowest BCUT2D eigenvalue weighted by Gasteiger charge is -2.60. The van der Waals surface area contributed by atoms with Crippen LogP contribution in [0.25, 0.3) is 0 Å². The van der Waals surface area contributed by atoms with Crippen LogP contribution in [0.15, 0.2) is 48.8 Å². The summed E-state index contributed by atoms with van der Waals surface area (Å²) in [5.41, 5.74) is 7.59. The summed E-state index contributed by atoms with van der Waals surface area (Å²) in [7, 11) is 0. The lowest BCUT2D eigenvalue weighted by molar-refractivity contribution is -0.149. The zero-order valence-corrected chi connectivity index (χ0v) is 20.6. The van der Waals surface area contributed by atoms with E-state index in [1.165, 1.54) is 12.1 Å². The van der Waals surface area contributed by atoms with Crippen LogP contribution in [0, 0.1) is 34.9 Å². The van der Waals surface area contributed by atoms with E-state index in [9.17, 15) is 14.0 Å². The van der Waals surface area contributed by atoms with Crippen LogP contribution in [0.4, 0.5) is 10.1 Å². The lowest BCUT2D eigenvalue weighted by Crippen LogP contribution is -2.61. The Labute approximate surface area is 211 Å². The molecule has 0 radical (unpaired) electrons. The highest BCUT2D eigenvalue weighted by Crippen LogP contribution is 2.63. The zero-order chi connectivity index (χ0) is 24.9. The highest BCUT2D eigenvalue weighted by Gasteiger charge is 2.59. The van der Waals surface area contributed by atoms with Gasteiger partial charge in [-0.2, -0.15) is 0 Å². The van der Waals surface area contributed by atoms with Crippen molar-refractivity contribution >= 4 is 17.5 Å². The first-order valence-electron chi connectivity index (χ1n) is 13.4. The molecule has 0 saturated heterocycles. The van der Waals surface area contributed by atoms with Crippen LogP contribution in [0.5, 0.6) is 0 Å². The van der Waals surface area contributed by atoms with Gasteiger partial charge in [0, 0.05) is 30.7 Å². The van der Waals surface area contributed by atoms with Crippen LogP contribution in [-0.4, -0.2) is 29.4 Å². The fraction of sp³-hybridized carbons (Fsp3) is 0.552. The number of nitrogens with zero attached hydrogens (tertiary/aromatic N) is 1. The molecule has 36 heavy (non-hydrogen) atoms. The Morgan fingerprint density at radius 1 is 1.00 bits per heavy atom. The summed E-state index contributed by atoms with van der Waals surface area (Å²) >= 11 is 0. The van der Waals surface area contributed by atoms with Gasteiger partial charge in [-0.15, -0.1) is 0 Å². The van der Waals surface area contributed by atoms with E-state index in [0.717, 1.165) is 62.6 Å². The predicted molar refractivity (Wildman–Crippen MR) is 135 cm³/mol. The molecular formula is C29H35FN4O2. The summed E-state index contributed by atoms with van der Waals surface area (Å²) in [5, 5.41) is 6.31. The first kappa shape index (κ1) is 23.6. The van der Waals surface area contributed by atoms with Crippen LogP contribution in [0.1, 0.15) is 56.9 Å². The van der Waals surface area contributed by atoms with Crippen molar-refractivity contribution < 1.29 is 14.0 Å². The predicted octanol–water partition coefficient (Wildman–Crippen LogP) is 4.17. The van der Waals surface area contributed by atoms with Crippen LogP contribution in [0.3, 0.4) is 0 Å². The fourth-order valence-corrected chi connectivity index (χ4v) is 8.20. The van der Waals surface area contributed by atoms with Crippen molar-refractivity contribution in [2.45, 2.75) is 62.8 Å². The van der Waals surface area contributed by atoms with Crippen LogP contribution >= 0.6 is 0 Å². The van der Waals surface area contributed by atoms with Gasteiger partial charge in [0.1, 0.15) is 5.82 Å². The van der Waals surface area contributed by atoms with Gasteiger partial charge in [-0.05, 0) is 98.4 Å². The number of rotatable bonds is 7. The summed E-state index contributed by atoms with van der Waals surface area (Å²) in [6.45, 7) is 0.445. The van der Waals surface area contributed by atoms with Crippen molar-refractivity contribution in [3.05, 3.63) is 60.2 Å². The molecule has 2 amide bonds. The van der Waals surface area contributed by atoms with Gasteiger partial charge < -0.3 is 16.4 Å². The molecule has 5 aliphatic carbocycles. The van der Waals surface area contributed by atoms with E-state index in [4.69, 9.17) is 5.73 Å². The molecule has 2 aromatic rings. The van der Waals surface area contributed by atoms with Crippen molar-refractivity contribution in [1.82, 2.24) is 10.3 Å². The second kappa shape index (κ2) is 8.94. The Balaban J connectivity index is 1.11. The fourth-order valence-electron chi connectivity index (χ4n) is 8.20. The molecule has 1 heterocycles. The topological polar surface area (TPSA) is 97.1 Å². The van der Waals surface area contributed by atoms with Gasteiger partial charge >= 0.3 is 0 Å². The Morgan fingerprint density at radius 2 is 1.67 bits per heavy atom. The Hall–Kier alpha value is -2.80. The Morgan fingerprint density at radius 3 is 2.28 bits per heavy atom. The van der Waals surface area contributed by atoms with Gasteiger partial charge in [0.05, 0.1) is 10.8 Å². The van der Waals surface area contributed by atoms with Crippen molar-refractivity contribution in [2.75, 3.05) is 11.9 Å². The van der Waals surface area contributed by atoms with Crippen molar-refractivity contribution in [3.8, 4) is 0 Å². The van der Waals surface area contributed by atoms with E-state index < -0.39 is 5.41 Å². The van der Waals surface area contributed by atoms with Gasteiger partial charge in [0.15, 0.2) is 0 Å². The Kier molecular flexibility index (Phi) is 5.86. The maximum atomic E-state index is 13.4. The SMILES string of the molecule is NC(CNC(=O)C1(c2ccc(F)cc2)CCC1)C1C2CC3CC1CC(C(=O)Nc1ccncc1)(C3)C2. The first-order chi connectivity index (χ1) is 17.4. The minimum absolute atomic E-state index is 0.00724. The summed E-state index contributed by atoms with van der Waals surface area (Å²) in [6, 6.07) is 9.88. The number of amides is 2. The molecule has 7 rings (SSSR count). The van der Waals surface area contributed by atoms with Crippen molar-refractivity contribution in [2.24, 2.45) is 34.8 Å². The number of nitrogens with two attached hydrogens (primary N) is 1. The molecule has 1 aromatic heterocycles. The number of aromatic nitrogens is 1. The summed E-state index contributed by atoms with van der Waals surface area (Å²) < 4.78 is 13.4. The number of nitrogens with one attached hydrogen (secondary N) is 2. The van der Waals surface area contributed by atoms with Gasteiger partial charge in [-0.25, -0.2) is 4.39 Å². The maximum absolute atomic E-state index is 13.4. The Bertz CT molecular complexity index is 1120. The average Bonchev–Trinajstić information content (AvgIpc) is 2.83. The first-order valence-corrected chi connectivity index (χ1v) is 13.4. The summed E-state index contributed by atoms with van der Waals surface area (Å²) in [5.74, 6) is 1.60. The number of hydrogen-bond acceptors (Lipinski definition) is 4. The van der Waals surface area contributed by atoms with E-state index in [1.54, 1.807) is 24.5 Å². The number of carbonyl (C=O) groups excluding carboxylic acids is 2. The number of benzene rings is 1. The van der Waals surface area contributed by atoms with Gasteiger partial charge in [0.2, 0.25) is 11.8 Å². The highest BCUT2D eigenvalue weighted by atomic mass is 19.1. The second-order valence-electron chi connectivity index (χ2n) is 11.8. The number of pyridine rings is 1. The third-order valence-electron chi connectivity index (χ3n) is 9.80. The smallest absolute Gasteiger partial charge is 0.230 e. The van der Waals surface area contributed by atoms with Crippen LogP contribution < -0.4 is 16.4 Å². The van der Waals surface area contributed by atoms with Gasteiger partial charge in [0.25, 0.3) is 0 Å². The molecule has 3 atom stereocenters. The van der Waals surface area contributed by atoms with E-state index in [2.05, 4.69) is 15.6 Å². The van der Waals surface area contributed by atoms with E-state index >= 15 is 0 Å². The molecule has 1 aromatic carbocycles. The number of carbonyl (C=O) groups is 2.